The molecule has 0 bridgehead atoms. The van der Waals surface area contributed by atoms with Gasteiger partial charge in [0.2, 0.25) is 15.0 Å². The molecule has 0 unspecified atom stereocenters. The number of benzene rings is 2. The van der Waals surface area contributed by atoms with Crippen molar-refractivity contribution in [3.8, 4) is 0 Å². The molecule has 0 saturated carbocycles. The normalized spacial score (nSPS) is 17.3. The van der Waals surface area contributed by atoms with Crippen molar-refractivity contribution in [1.82, 2.24) is 14.5 Å². The number of rotatable bonds is 5. The van der Waals surface area contributed by atoms with Crippen LogP contribution in [0.3, 0.4) is 0 Å². The number of halogens is 1. The minimum Gasteiger partial charge on any atom is -0.320 e. The van der Waals surface area contributed by atoms with Crippen molar-refractivity contribution >= 4 is 44.6 Å². The zero-order valence-electron chi connectivity index (χ0n) is 17.7. The van der Waals surface area contributed by atoms with Gasteiger partial charge in [-0.25, -0.2) is 8.42 Å². The molecule has 10 heteroatoms. The number of nitrogens with zero attached hydrogens (tertiary/aromatic N) is 3. The Hall–Kier alpha value is -2.33. The van der Waals surface area contributed by atoms with Gasteiger partial charge in [0.05, 0.1) is 4.90 Å². The second kappa shape index (κ2) is 9.27. The molecule has 0 aliphatic carbocycles. The molecule has 0 spiro atoms. The van der Waals surface area contributed by atoms with E-state index in [1.54, 1.807) is 25.1 Å². The fourth-order valence-electron chi connectivity index (χ4n) is 3.75. The molecule has 2 aromatic carbocycles. The molecular formula is C22H23ClN4O3S2. The summed E-state index contributed by atoms with van der Waals surface area (Å²) in [6.07, 6.45) is 1.49. The number of carbonyl (C=O) groups excluding carboxylic acids is 1. The summed E-state index contributed by atoms with van der Waals surface area (Å²) in [6.45, 7) is 4.35. The maximum atomic E-state index is 13.3. The lowest BCUT2D eigenvalue weighted by atomic mass is 10.0. The van der Waals surface area contributed by atoms with Gasteiger partial charge in [0.1, 0.15) is 5.01 Å². The Bertz CT molecular complexity index is 1260. The van der Waals surface area contributed by atoms with E-state index in [0.717, 1.165) is 17.7 Å². The van der Waals surface area contributed by atoms with Gasteiger partial charge < -0.3 is 5.32 Å². The maximum absolute atomic E-state index is 13.3. The monoisotopic (exact) mass is 490 g/mol. The molecule has 3 aromatic rings. The van der Waals surface area contributed by atoms with E-state index >= 15 is 0 Å². The second-order valence-corrected chi connectivity index (χ2v) is 11.1. The van der Waals surface area contributed by atoms with E-state index in [4.69, 9.17) is 11.6 Å². The predicted molar refractivity (Wildman–Crippen MR) is 126 cm³/mol. The van der Waals surface area contributed by atoms with Gasteiger partial charge in [-0.05, 0) is 56.0 Å². The van der Waals surface area contributed by atoms with Crippen LogP contribution in [0, 0.1) is 13.8 Å². The highest BCUT2D eigenvalue weighted by Gasteiger charge is 2.33. The average Bonchev–Trinajstić information content (AvgIpc) is 3.28. The van der Waals surface area contributed by atoms with Crippen LogP contribution in [0.2, 0.25) is 5.02 Å². The van der Waals surface area contributed by atoms with E-state index in [0.29, 0.717) is 35.1 Å². The van der Waals surface area contributed by atoms with E-state index in [-0.39, 0.29) is 21.7 Å². The van der Waals surface area contributed by atoms with Gasteiger partial charge in [-0.2, -0.15) is 4.31 Å². The highest BCUT2D eigenvalue weighted by atomic mass is 35.5. The standard InChI is InChI=1S/C22H23ClN4O3S2/c1-14-7-3-4-10-18(14)24-20(28)22-26-25-21(31-22)16-8-6-12-27(13-16)32(29,30)19-11-5-9-17(23)15(19)2/h3-5,7,9-11,16H,6,8,12-13H2,1-2H3,(H,24,28)/t16-/m0/s1. The van der Waals surface area contributed by atoms with E-state index in [9.17, 15) is 13.2 Å². The number of aromatic nitrogens is 2. The molecule has 7 nitrogen and oxygen atoms in total. The van der Waals surface area contributed by atoms with Crippen molar-refractivity contribution in [2.24, 2.45) is 0 Å². The first-order valence-electron chi connectivity index (χ1n) is 10.2. The van der Waals surface area contributed by atoms with Gasteiger partial charge >= 0.3 is 0 Å². The van der Waals surface area contributed by atoms with Gasteiger partial charge in [0.15, 0.2) is 0 Å². The van der Waals surface area contributed by atoms with Crippen molar-refractivity contribution in [2.45, 2.75) is 37.5 Å². The molecule has 1 atom stereocenters. The first-order chi connectivity index (χ1) is 15.3. The summed E-state index contributed by atoms with van der Waals surface area (Å²) in [5, 5.41) is 12.5. The van der Waals surface area contributed by atoms with Crippen LogP contribution in [0.1, 0.15) is 44.7 Å². The van der Waals surface area contributed by atoms with Crippen molar-refractivity contribution in [2.75, 3.05) is 18.4 Å². The van der Waals surface area contributed by atoms with Gasteiger partial charge in [-0.3, -0.25) is 4.79 Å². The third kappa shape index (κ3) is 4.56. The summed E-state index contributed by atoms with van der Waals surface area (Å²) in [5.41, 5.74) is 2.22. The number of carbonyl (C=O) groups is 1. The van der Waals surface area contributed by atoms with Gasteiger partial charge in [0, 0.05) is 29.7 Å². The first kappa shape index (κ1) is 22.8. The quantitative estimate of drug-likeness (QED) is 0.563. The Balaban J connectivity index is 1.51. The van der Waals surface area contributed by atoms with Gasteiger partial charge in [0.25, 0.3) is 5.91 Å². The molecule has 32 heavy (non-hydrogen) atoms. The minimum absolute atomic E-state index is 0.115. The fraction of sp³-hybridized carbons (Fsp3) is 0.318. The largest absolute Gasteiger partial charge is 0.320 e. The molecule has 168 valence electrons. The number of sulfonamides is 1. The minimum atomic E-state index is -3.69. The third-order valence-electron chi connectivity index (χ3n) is 5.60. The highest BCUT2D eigenvalue weighted by molar-refractivity contribution is 7.89. The lowest BCUT2D eigenvalue weighted by Gasteiger charge is -2.31. The molecular weight excluding hydrogens is 468 g/mol. The summed E-state index contributed by atoms with van der Waals surface area (Å²) < 4.78 is 28.0. The van der Waals surface area contributed by atoms with Crippen LogP contribution < -0.4 is 5.32 Å². The van der Waals surface area contributed by atoms with E-state index < -0.39 is 10.0 Å². The average molecular weight is 491 g/mol. The van der Waals surface area contributed by atoms with Crippen LogP contribution in [-0.4, -0.2) is 41.9 Å². The zero-order chi connectivity index (χ0) is 22.9. The highest BCUT2D eigenvalue weighted by Crippen LogP contribution is 2.33. The molecule has 4 rings (SSSR count). The molecule has 1 aliphatic rings. The SMILES string of the molecule is Cc1ccccc1NC(=O)c1nnc([C@H]2CCCN(S(=O)(=O)c3cccc(Cl)c3C)C2)s1. The summed E-state index contributed by atoms with van der Waals surface area (Å²) in [4.78, 5) is 12.8. The third-order valence-corrected chi connectivity index (χ3v) is 9.10. The summed E-state index contributed by atoms with van der Waals surface area (Å²) in [6, 6.07) is 12.4. The van der Waals surface area contributed by atoms with Crippen LogP contribution in [0.4, 0.5) is 5.69 Å². The zero-order valence-corrected chi connectivity index (χ0v) is 20.1. The van der Waals surface area contributed by atoms with Crippen LogP contribution in [0.15, 0.2) is 47.4 Å². The Morgan fingerprint density at radius 1 is 1.16 bits per heavy atom. The van der Waals surface area contributed by atoms with Gasteiger partial charge in [-0.1, -0.05) is 47.2 Å². The Morgan fingerprint density at radius 3 is 2.72 bits per heavy atom. The van der Waals surface area contributed by atoms with Crippen LogP contribution in [0.25, 0.3) is 0 Å². The molecule has 1 aromatic heterocycles. The number of aryl methyl sites for hydroxylation is 1. The van der Waals surface area contributed by atoms with Crippen molar-refractivity contribution < 1.29 is 13.2 Å². The number of anilines is 1. The van der Waals surface area contributed by atoms with Crippen LogP contribution in [0.5, 0.6) is 0 Å². The summed E-state index contributed by atoms with van der Waals surface area (Å²) in [5.74, 6) is -0.437. The molecule has 1 fully saturated rings. The Morgan fingerprint density at radius 2 is 1.94 bits per heavy atom. The number of amides is 1. The number of para-hydroxylation sites is 1. The number of piperidine rings is 1. The first-order valence-corrected chi connectivity index (χ1v) is 12.9. The molecule has 1 aliphatic heterocycles. The molecule has 0 radical (unpaired) electrons. The molecule has 1 amide bonds. The molecule has 1 N–H and O–H groups in total. The number of hydrogen-bond donors (Lipinski definition) is 1. The van der Waals surface area contributed by atoms with E-state index in [1.807, 2.05) is 31.2 Å². The predicted octanol–water partition coefficient (Wildman–Crippen LogP) is 4.63. The molecule has 2 heterocycles. The Labute approximate surface area is 196 Å². The second-order valence-electron chi connectivity index (χ2n) is 7.78. The lowest BCUT2D eigenvalue weighted by molar-refractivity contribution is 0.102. The van der Waals surface area contributed by atoms with E-state index in [2.05, 4.69) is 15.5 Å². The topological polar surface area (TPSA) is 92.3 Å². The van der Waals surface area contributed by atoms with Crippen molar-refractivity contribution in [1.29, 1.82) is 0 Å². The number of hydrogen-bond acceptors (Lipinski definition) is 6. The summed E-state index contributed by atoms with van der Waals surface area (Å²) in [7, 11) is -3.69. The van der Waals surface area contributed by atoms with Gasteiger partial charge in [-0.15, -0.1) is 10.2 Å². The maximum Gasteiger partial charge on any atom is 0.286 e. The van der Waals surface area contributed by atoms with Crippen molar-refractivity contribution in [3.63, 3.8) is 0 Å². The lowest BCUT2D eigenvalue weighted by Crippen LogP contribution is -2.39. The Kier molecular flexibility index (Phi) is 6.62. The van der Waals surface area contributed by atoms with Crippen molar-refractivity contribution in [3.05, 3.63) is 68.6 Å². The summed E-state index contributed by atoms with van der Waals surface area (Å²) >= 11 is 7.36. The smallest absolute Gasteiger partial charge is 0.286 e. The number of nitrogens with one attached hydrogen (secondary N) is 1. The van der Waals surface area contributed by atoms with Crippen LogP contribution in [-0.2, 0) is 10.0 Å². The van der Waals surface area contributed by atoms with Crippen LogP contribution >= 0.6 is 22.9 Å². The molecule has 1 saturated heterocycles. The van der Waals surface area contributed by atoms with E-state index in [1.165, 1.54) is 15.6 Å². The fourth-order valence-corrected chi connectivity index (χ4v) is 6.61.